The van der Waals surface area contributed by atoms with Crippen LogP contribution >= 0.6 is 0 Å². The molecule has 3 rings (SSSR count). The first-order chi connectivity index (χ1) is 9.75. The molecule has 2 aliphatic heterocycles. The third kappa shape index (κ3) is 2.53. The Balaban J connectivity index is 1.58. The lowest BCUT2D eigenvalue weighted by molar-refractivity contribution is -0.130. The Bertz CT molecular complexity index is 495. The summed E-state index contributed by atoms with van der Waals surface area (Å²) in [6.07, 6.45) is 5.07. The molecule has 5 heteroatoms. The van der Waals surface area contributed by atoms with Crippen molar-refractivity contribution in [3.05, 3.63) is 30.1 Å². The summed E-state index contributed by atoms with van der Waals surface area (Å²) in [6, 6.07) is 5.70. The van der Waals surface area contributed by atoms with Gasteiger partial charge >= 0.3 is 0 Å². The number of piperidine rings is 1. The molecule has 0 unspecified atom stereocenters. The molecule has 0 spiro atoms. The molecule has 2 amide bonds. The number of hydrogen-bond acceptors (Lipinski definition) is 3. The minimum Gasteiger partial charge on any atom is -0.340 e. The number of likely N-dealkylation sites (tertiary alicyclic amines) is 2. The third-order valence-electron chi connectivity index (χ3n) is 4.19. The number of amides is 2. The van der Waals surface area contributed by atoms with E-state index in [1.165, 1.54) is 0 Å². The highest BCUT2D eigenvalue weighted by atomic mass is 16.2. The molecule has 2 saturated heterocycles. The predicted molar refractivity (Wildman–Crippen MR) is 74.1 cm³/mol. The summed E-state index contributed by atoms with van der Waals surface area (Å²) in [5.41, 5.74) is 0.503. The molecule has 0 atom stereocenters. The number of rotatable bonds is 2. The van der Waals surface area contributed by atoms with Crippen molar-refractivity contribution < 1.29 is 9.59 Å². The summed E-state index contributed by atoms with van der Waals surface area (Å²) in [5.74, 6) is 0.274. The third-order valence-corrected chi connectivity index (χ3v) is 4.19. The van der Waals surface area contributed by atoms with Crippen molar-refractivity contribution >= 4 is 11.8 Å². The summed E-state index contributed by atoms with van der Waals surface area (Å²) in [6.45, 7) is 2.31. The van der Waals surface area contributed by atoms with Gasteiger partial charge in [-0.25, -0.2) is 0 Å². The molecular formula is C15H19N3O2. The molecule has 3 heterocycles. The Morgan fingerprint density at radius 3 is 2.60 bits per heavy atom. The summed E-state index contributed by atoms with van der Waals surface area (Å²) in [5, 5.41) is 0. The van der Waals surface area contributed by atoms with Gasteiger partial charge in [-0.1, -0.05) is 6.07 Å². The molecule has 1 aromatic heterocycles. The van der Waals surface area contributed by atoms with Crippen molar-refractivity contribution in [1.29, 1.82) is 0 Å². The van der Waals surface area contributed by atoms with Gasteiger partial charge in [-0.3, -0.25) is 14.6 Å². The normalized spacial score (nSPS) is 20.5. The van der Waals surface area contributed by atoms with E-state index < -0.39 is 0 Å². The monoisotopic (exact) mass is 273 g/mol. The van der Waals surface area contributed by atoms with Gasteiger partial charge in [0.15, 0.2) is 0 Å². The molecule has 0 N–H and O–H groups in total. The zero-order valence-electron chi connectivity index (χ0n) is 11.5. The van der Waals surface area contributed by atoms with Gasteiger partial charge in [-0.05, 0) is 31.4 Å². The number of pyridine rings is 1. The largest absolute Gasteiger partial charge is 0.340 e. The van der Waals surface area contributed by atoms with E-state index >= 15 is 0 Å². The zero-order valence-corrected chi connectivity index (χ0v) is 11.5. The second-order valence-corrected chi connectivity index (χ2v) is 5.43. The van der Waals surface area contributed by atoms with Crippen LogP contribution in [-0.2, 0) is 4.79 Å². The van der Waals surface area contributed by atoms with Crippen molar-refractivity contribution in [2.45, 2.75) is 31.7 Å². The van der Waals surface area contributed by atoms with E-state index in [2.05, 4.69) is 4.98 Å². The Kier molecular flexibility index (Phi) is 3.67. The standard InChI is InChI=1S/C15H19N3O2/c19-14-5-3-9-18(14)12-6-10-17(11-7-12)15(20)13-4-1-2-8-16-13/h1-2,4,8,12H,3,5-7,9-11H2. The van der Waals surface area contributed by atoms with Gasteiger partial charge in [0.05, 0.1) is 0 Å². The minimum atomic E-state index is -0.00296. The van der Waals surface area contributed by atoms with Gasteiger partial charge in [-0.15, -0.1) is 0 Å². The molecule has 0 saturated carbocycles. The van der Waals surface area contributed by atoms with E-state index in [-0.39, 0.29) is 11.8 Å². The van der Waals surface area contributed by atoms with Crippen LogP contribution in [0.4, 0.5) is 0 Å². The molecule has 0 aliphatic carbocycles. The number of carbonyl (C=O) groups is 2. The first-order valence-corrected chi connectivity index (χ1v) is 7.25. The van der Waals surface area contributed by atoms with Gasteiger partial charge in [0.2, 0.25) is 5.91 Å². The van der Waals surface area contributed by atoms with E-state index in [1.807, 2.05) is 21.9 Å². The lowest BCUT2D eigenvalue weighted by Gasteiger charge is -2.36. The summed E-state index contributed by atoms with van der Waals surface area (Å²) >= 11 is 0. The molecule has 106 valence electrons. The van der Waals surface area contributed by atoms with E-state index in [9.17, 15) is 9.59 Å². The van der Waals surface area contributed by atoms with Crippen molar-refractivity contribution in [3.8, 4) is 0 Å². The van der Waals surface area contributed by atoms with Gasteiger partial charge < -0.3 is 9.80 Å². The Labute approximate surface area is 118 Å². The van der Waals surface area contributed by atoms with E-state index in [0.717, 1.165) is 25.8 Å². The maximum absolute atomic E-state index is 12.3. The van der Waals surface area contributed by atoms with Crippen LogP contribution in [-0.4, -0.2) is 52.3 Å². The van der Waals surface area contributed by atoms with Crippen molar-refractivity contribution in [1.82, 2.24) is 14.8 Å². The van der Waals surface area contributed by atoms with E-state index in [0.29, 0.717) is 31.2 Å². The number of aromatic nitrogens is 1. The molecular weight excluding hydrogens is 254 g/mol. The average molecular weight is 273 g/mol. The van der Waals surface area contributed by atoms with Gasteiger partial charge in [0.1, 0.15) is 5.69 Å². The highest BCUT2D eigenvalue weighted by molar-refractivity contribution is 5.92. The van der Waals surface area contributed by atoms with Crippen LogP contribution in [0.15, 0.2) is 24.4 Å². The van der Waals surface area contributed by atoms with Crippen molar-refractivity contribution in [3.63, 3.8) is 0 Å². The lowest BCUT2D eigenvalue weighted by Crippen LogP contribution is -2.47. The average Bonchev–Trinajstić information content (AvgIpc) is 2.94. The van der Waals surface area contributed by atoms with Crippen molar-refractivity contribution in [2.24, 2.45) is 0 Å². The quantitative estimate of drug-likeness (QED) is 0.816. The smallest absolute Gasteiger partial charge is 0.272 e. The highest BCUT2D eigenvalue weighted by Crippen LogP contribution is 2.22. The van der Waals surface area contributed by atoms with Gasteiger partial charge in [0, 0.05) is 38.3 Å². The van der Waals surface area contributed by atoms with E-state index in [4.69, 9.17) is 0 Å². The SMILES string of the molecule is O=C(c1ccccn1)N1CCC(N2CCCC2=O)CC1. The van der Waals surface area contributed by atoms with Gasteiger partial charge in [0.25, 0.3) is 5.91 Å². The van der Waals surface area contributed by atoms with Crippen LogP contribution < -0.4 is 0 Å². The minimum absolute atomic E-state index is 0.00296. The summed E-state index contributed by atoms with van der Waals surface area (Å²) < 4.78 is 0. The first kappa shape index (κ1) is 13.1. The second-order valence-electron chi connectivity index (χ2n) is 5.43. The van der Waals surface area contributed by atoms with Crippen molar-refractivity contribution in [2.75, 3.05) is 19.6 Å². The fourth-order valence-electron chi connectivity index (χ4n) is 3.09. The molecule has 0 bridgehead atoms. The first-order valence-electron chi connectivity index (χ1n) is 7.25. The molecule has 0 aromatic carbocycles. The molecule has 1 aromatic rings. The van der Waals surface area contributed by atoms with Crippen LogP contribution in [0, 0.1) is 0 Å². The van der Waals surface area contributed by atoms with E-state index in [1.54, 1.807) is 12.3 Å². The fourth-order valence-corrected chi connectivity index (χ4v) is 3.09. The molecule has 20 heavy (non-hydrogen) atoms. The second kappa shape index (κ2) is 5.61. The predicted octanol–water partition coefficient (Wildman–Crippen LogP) is 1.31. The summed E-state index contributed by atoms with van der Waals surface area (Å²) in [7, 11) is 0. The molecule has 2 fully saturated rings. The van der Waals surface area contributed by atoms with Crippen LogP contribution in [0.3, 0.4) is 0 Å². The highest BCUT2D eigenvalue weighted by Gasteiger charge is 2.32. The van der Waals surface area contributed by atoms with Crippen LogP contribution in [0.1, 0.15) is 36.2 Å². The maximum Gasteiger partial charge on any atom is 0.272 e. The number of hydrogen-bond donors (Lipinski definition) is 0. The zero-order chi connectivity index (χ0) is 13.9. The molecule has 5 nitrogen and oxygen atoms in total. The number of nitrogens with zero attached hydrogens (tertiary/aromatic N) is 3. The lowest BCUT2D eigenvalue weighted by atomic mass is 10.0. The van der Waals surface area contributed by atoms with Crippen LogP contribution in [0.2, 0.25) is 0 Å². The Hall–Kier alpha value is -1.91. The van der Waals surface area contributed by atoms with Crippen LogP contribution in [0.5, 0.6) is 0 Å². The summed E-state index contributed by atoms with van der Waals surface area (Å²) in [4.78, 5) is 32.0. The van der Waals surface area contributed by atoms with Crippen LogP contribution in [0.25, 0.3) is 0 Å². The molecule has 2 aliphatic rings. The maximum atomic E-state index is 12.3. The van der Waals surface area contributed by atoms with Gasteiger partial charge in [-0.2, -0.15) is 0 Å². The fraction of sp³-hybridized carbons (Fsp3) is 0.533. The molecule has 0 radical (unpaired) electrons. The number of carbonyl (C=O) groups excluding carboxylic acids is 2. The Morgan fingerprint density at radius 2 is 2.00 bits per heavy atom. The Morgan fingerprint density at radius 1 is 1.20 bits per heavy atom. The topological polar surface area (TPSA) is 53.5 Å².